The zero-order valence-electron chi connectivity index (χ0n) is 11.1. The van der Waals surface area contributed by atoms with Gasteiger partial charge in [0.1, 0.15) is 9.77 Å². The van der Waals surface area contributed by atoms with Crippen molar-refractivity contribution < 1.29 is 23.1 Å². The average molecular weight is 386 g/mol. The highest BCUT2D eigenvalue weighted by molar-refractivity contribution is 9.11. The van der Waals surface area contributed by atoms with Crippen molar-refractivity contribution in [3.05, 3.63) is 14.7 Å². The summed E-state index contributed by atoms with van der Waals surface area (Å²) in [5.41, 5.74) is 0. The van der Waals surface area contributed by atoms with Crippen LogP contribution in [0.4, 0.5) is 0 Å². The molecule has 0 bridgehead atoms. The molecule has 9 heteroatoms. The van der Waals surface area contributed by atoms with Crippen molar-refractivity contribution in [1.82, 2.24) is 4.72 Å². The molecule has 1 heterocycles. The summed E-state index contributed by atoms with van der Waals surface area (Å²) in [5, 5.41) is 9.55. The number of carbonyl (C=O) groups is 1. The van der Waals surface area contributed by atoms with Crippen LogP contribution >= 0.6 is 27.3 Å². The summed E-state index contributed by atoms with van der Waals surface area (Å²) in [7, 11) is -2.55. The standard InChI is InChI=1S/C11H16BrNO5S2/c1-3-4-7(14)6-13-20(16,17)9-5-8(11(15)18-2)19-10(9)12/h5,7,13-14H,3-4,6H2,1-2H3. The second-order valence-electron chi connectivity index (χ2n) is 4.03. The van der Waals surface area contributed by atoms with E-state index in [0.717, 1.165) is 17.8 Å². The highest BCUT2D eigenvalue weighted by Gasteiger charge is 2.24. The summed E-state index contributed by atoms with van der Waals surface area (Å²) in [6.07, 6.45) is 0.547. The van der Waals surface area contributed by atoms with Gasteiger partial charge in [-0.2, -0.15) is 0 Å². The fourth-order valence-corrected chi connectivity index (χ4v) is 5.01. The summed E-state index contributed by atoms with van der Waals surface area (Å²) in [4.78, 5) is 11.5. The molecule has 0 aliphatic heterocycles. The molecule has 0 aromatic carbocycles. The van der Waals surface area contributed by atoms with Gasteiger partial charge in [0.25, 0.3) is 0 Å². The lowest BCUT2D eigenvalue weighted by molar-refractivity contribution is 0.0606. The van der Waals surface area contributed by atoms with Gasteiger partial charge >= 0.3 is 5.97 Å². The Balaban J connectivity index is 2.87. The lowest BCUT2D eigenvalue weighted by atomic mass is 10.2. The number of hydrogen-bond acceptors (Lipinski definition) is 6. The van der Waals surface area contributed by atoms with Crippen LogP contribution in [-0.4, -0.2) is 39.3 Å². The summed E-state index contributed by atoms with van der Waals surface area (Å²) >= 11 is 4.10. The second-order valence-corrected chi connectivity index (χ2v) is 8.14. The number of ether oxygens (including phenoxy) is 1. The van der Waals surface area contributed by atoms with Gasteiger partial charge in [0.2, 0.25) is 10.0 Å². The molecule has 1 unspecified atom stereocenters. The molecule has 0 aliphatic carbocycles. The SMILES string of the molecule is CCCC(O)CNS(=O)(=O)c1cc(C(=O)OC)sc1Br. The van der Waals surface area contributed by atoms with Gasteiger partial charge in [-0.05, 0) is 28.4 Å². The number of aliphatic hydroxyl groups is 1. The lowest BCUT2D eigenvalue weighted by Crippen LogP contribution is -2.32. The fourth-order valence-electron chi connectivity index (χ4n) is 1.46. The number of aliphatic hydroxyl groups excluding tert-OH is 1. The Morgan fingerprint density at radius 3 is 2.80 bits per heavy atom. The van der Waals surface area contributed by atoms with Crippen molar-refractivity contribution in [3.63, 3.8) is 0 Å². The largest absolute Gasteiger partial charge is 0.465 e. The Hall–Kier alpha value is -0.480. The van der Waals surface area contributed by atoms with Crippen LogP contribution in [0.3, 0.4) is 0 Å². The summed E-state index contributed by atoms with van der Waals surface area (Å²) in [6, 6.07) is 1.25. The number of thiophene rings is 1. The third-order valence-electron chi connectivity index (χ3n) is 2.46. The predicted octanol–water partition coefficient (Wildman–Crippen LogP) is 1.74. The molecule has 0 saturated carbocycles. The number of halogens is 1. The number of nitrogens with one attached hydrogen (secondary N) is 1. The molecule has 0 radical (unpaired) electrons. The first kappa shape index (κ1) is 17.6. The van der Waals surface area contributed by atoms with E-state index in [1.165, 1.54) is 13.2 Å². The number of methoxy groups -OCH3 is 1. The second kappa shape index (κ2) is 7.51. The number of hydrogen-bond donors (Lipinski definition) is 2. The first-order chi connectivity index (χ1) is 9.31. The van der Waals surface area contributed by atoms with Crippen LogP contribution in [0.15, 0.2) is 14.7 Å². The molecule has 0 amide bonds. The fraction of sp³-hybridized carbons (Fsp3) is 0.545. The van der Waals surface area contributed by atoms with Crippen molar-refractivity contribution in [2.45, 2.75) is 30.8 Å². The van der Waals surface area contributed by atoms with E-state index in [9.17, 15) is 18.3 Å². The van der Waals surface area contributed by atoms with Crippen molar-refractivity contribution in [1.29, 1.82) is 0 Å². The van der Waals surface area contributed by atoms with Crippen molar-refractivity contribution in [3.8, 4) is 0 Å². The third-order valence-corrected chi connectivity index (χ3v) is 6.12. The van der Waals surface area contributed by atoms with Crippen LogP contribution in [0, 0.1) is 0 Å². The molecule has 114 valence electrons. The van der Waals surface area contributed by atoms with Gasteiger partial charge in [-0.15, -0.1) is 11.3 Å². The van der Waals surface area contributed by atoms with Crippen molar-refractivity contribution in [2.75, 3.05) is 13.7 Å². The van der Waals surface area contributed by atoms with E-state index in [1.54, 1.807) is 0 Å². The van der Waals surface area contributed by atoms with Gasteiger partial charge in [-0.3, -0.25) is 0 Å². The van der Waals surface area contributed by atoms with Gasteiger partial charge in [-0.25, -0.2) is 17.9 Å². The first-order valence-electron chi connectivity index (χ1n) is 5.87. The summed E-state index contributed by atoms with van der Waals surface area (Å²) < 4.78 is 31.4. The van der Waals surface area contributed by atoms with Crippen LogP contribution in [0.25, 0.3) is 0 Å². The quantitative estimate of drug-likeness (QED) is 0.697. The maximum atomic E-state index is 12.1. The lowest BCUT2D eigenvalue weighted by Gasteiger charge is -2.10. The topological polar surface area (TPSA) is 92.7 Å². The number of esters is 1. The molecule has 1 rings (SSSR count). The van der Waals surface area contributed by atoms with Crippen LogP contribution in [-0.2, 0) is 14.8 Å². The molecule has 0 aliphatic rings. The minimum Gasteiger partial charge on any atom is -0.465 e. The third kappa shape index (κ3) is 4.52. The van der Waals surface area contributed by atoms with Gasteiger partial charge in [0.05, 0.1) is 17.0 Å². The summed E-state index contributed by atoms with van der Waals surface area (Å²) in [6.45, 7) is 1.84. The Morgan fingerprint density at radius 2 is 2.25 bits per heavy atom. The zero-order valence-corrected chi connectivity index (χ0v) is 14.3. The van der Waals surface area contributed by atoms with Gasteiger partial charge in [0.15, 0.2) is 0 Å². The van der Waals surface area contributed by atoms with E-state index >= 15 is 0 Å². The molecule has 20 heavy (non-hydrogen) atoms. The van der Waals surface area contributed by atoms with Crippen LogP contribution in [0.1, 0.15) is 29.4 Å². The average Bonchev–Trinajstić information content (AvgIpc) is 2.79. The van der Waals surface area contributed by atoms with E-state index in [0.29, 0.717) is 10.2 Å². The number of carbonyl (C=O) groups excluding carboxylic acids is 1. The molecule has 0 spiro atoms. The molecule has 1 atom stereocenters. The monoisotopic (exact) mass is 385 g/mol. The van der Waals surface area contributed by atoms with Crippen LogP contribution in [0.2, 0.25) is 0 Å². The van der Waals surface area contributed by atoms with Crippen molar-refractivity contribution >= 4 is 43.3 Å². The van der Waals surface area contributed by atoms with Crippen molar-refractivity contribution in [2.24, 2.45) is 0 Å². The molecule has 1 aromatic rings. The predicted molar refractivity (Wildman–Crippen MR) is 79.5 cm³/mol. The Labute approximate surface area is 130 Å². The van der Waals surface area contributed by atoms with Crippen LogP contribution in [0.5, 0.6) is 0 Å². The first-order valence-corrected chi connectivity index (χ1v) is 8.96. The molecular weight excluding hydrogens is 370 g/mol. The Bertz CT molecular complexity index is 569. The van der Waals surface area contributed by atoms with E-state index < -0.39 is 22.1 Å². The van der Waals surface area contributed by atoms with E-state index in [-0.39, 0.29) is 16.3 Å². The molecule has 0 saturated heterocycles. The number of sulfonamides is 1. The minimum absolute atomic E-state index is 0.0356. The molecular formula is C11H16BrNO5S2. The summed E-state index contributed by atoms with van der Waals surface area (Å²) in [5.74, 6) is -0.594. The molecule has 2 N–H and O–H groups in total. The zero-order chi connectivity index (χ0) is 15.3. The molecule has 6 nitrogen and oxygen atoms in total. The van der Waals surface area contributed by atoms with Crippen LogP contribution < -0.4 is 4.72 Å². The Kier molecular flexibility index (Phi) is 6.59. The highest BCUT2D eigenvalue weighted by atomic mass is 79.9. The van der Waals surface area contributed by atoms with E-state index in [1.807, 2.05) is 6.92 Å². The van der Waals surface area contributed by atoms with E-state index in [2.05, 4.69) is 25.4 Å². The maximum Gasteiger partial charge on any atom is 0.348 e. The smallest absolute Gasteiger partial charge is 0.348 e. The maximum absolute atomic E-state index is 12.1. The number of rotatable bonds is 7. The normalized spacial score (nSPS) is 13.2. The molecule has 1 aromatic heterocycles. The minimum atomic E-state index is -3.78. The molecule has 0 fully saturated rings. The van der Waals surface area contributed by atoms with Gasteiger partial charge in [-0.1, -0.05) is 13.3 Å². The van der Waals surface area contributed by atoms with Gasteiger partial charge in [0, 0.05) is 6.54 Å². The highest BCUT2D eigenvalue weighted by Crippen LogP contribution is 2.31. The Morgan fingerprint density at radius 1 is 1.60 bits per heavy atom. The van der Waals surface area contributed by atoms with E-state index in [4.69, 9.17) is 0 Å². The van der Waals surface area contributed by atoms with Gasteiger partial charge < -0.3 is 9.84 Å².